The monoisotopic (exact) mass is 300 g/mol. The minimum absolute atomic E-state index is 0.164. The first-order chi connectivity index (χ1) is 10.0. The third kappa shape index (κ3) is 7.25. The van der Waals surface area contributed by atoms with Crippen LogP contribution in [-0.2, 0) is 14.3 Å². The number of esters is 1. The molecule has 21 heavy (non-hydrogen) atoms. The molecule has 0 aromatic heterocycles. The summed E-state index contributed by atoms with van der Waals surface area (Å²) in [5.74, 6) is 0.666. The second-order valence-corrected chi connectivity index (χ2v) is 6.23. The number of carbonyl (C=O) groups is 1. The average molecular weight is 300 g/mol. The first-order valence-electron chi connectivity index (χ1n) is 8.14. The van der Waals surface area contributed by atoms with Crippen molar-refractivity contribution >= 4 is 5.97 Å². The molecule has 1 aliphatic carbocycles. The van der Waals surface area contributed by atoms with Gasteiger partial charge >= 0.3 is 5.97 Å². The molecular formula is C16H32N2O3. The zero-order valence-electron chi connectivity index (χ0n) is 14.1. The largest absolute Gasteiger partial charge is 0.465 e. The third-order valence-corrected chi connectivity index (χ3v) is 4.16. The molecule has 1 fully saturated rings. The van der Waals surface area contributed by atoms with Crippen molar-refractivity contribution in [3.63, 3.8) is 0 Å². The Kier molecular flexibility index (Phi) is 8.22. The van der Waals surface area contributed by atoms with Crippen LogP contribution in [0.5, 0.6) is 0 Å². The summed E-state index contributed by atoms with van der Waals surface area (Å²) in [6.45, 7) is 7.80. The Balaban J connectivity index is 2.12. The number of hydrogen-bond acceptors (Lipinski definition) is 5. The van der Waals surface area contributed by atoms with Crippen molar-refractivity contribution in [1.29, 1.82) is 0 Å². The maximum Gasteiger partial charge on any atom is 0.326 e. The molecule has 0 heterocycles. The normalized spacial score (nSPS) is 17.8. The van der Waals surface area contributed by atoms with E-state index in [4.69, 9.17) is 9.47 Å². The van der Waals surface area contributed by atoms with E-state index in [1.54, 1.807) is 0 Å². The molecular weight excluding hydrogens is 268 g/mol. The van der Waals surface area contributed by atoms with Gasteiger partial charge in [0.05, 0.1) is 13.2 Å². The fourth-order valence-electron chi connectivity index (χ4n) is 2.19. The Morgan fingerprint density at radius 2 is 2.10 bits per heavy atom. The Morgan fingerprint density at radius 1 is 1.38 bits per heavy atom. The van der Waals surface area contributed by atoms with Crippen LogP contribution in [0.3, 0.4) is 0 Å². The highest BCUT2D eigenvalue weighted by molar-refractivity contribution is 5.80. The van der Waals surface area contributed by atoms with Gasteiger partial charge < -0.3 is 19.7 Å². The van der Waals surface area contributed by atoms with Crippen LogP contribution in [0.1, 0.15) is 39.5 Å². The van der Waals surface area contributed by atoms with Gasteiger partial charge in [-0.25, -0.2) is 0 Å². The number of rotatable bonds is 12. The van der Waals surface area contributed by atoms with Crippen LogP contribution in [0, 0.1) is 5.92 Å². The first-order valence-corrected chi connectivity index (χ1v) is 8.14. The summed E-state index contributed by atoms with van der Waals surface area (Å²) in [5, 5.41) is 3.09. The van der Waals surface area contributed by atoms with Crippen molar-refractivity contribution in [2.75, 3.05) is 47.0 Å². The van der Waals surface area contributed by atoms with Gasteiger partial charge in [-0.15, -0.1) is 0 Å². The van der Waals surface area contributed by atoms with Crippen LogP contribution in [0.25, 0.3) is 0 Å². The minimum atomic E-state index is -0.584. The number of hydrogen-bond donors (Lipinski definition) is 1. The maximum atomic E-state index is 11.9. The molecule has 0 saturated heterocycles. The molecule has 1 unspecified atom stereocenters. The molecule has 124 valence electrons. The standard InChI is InChI=1S/C16H32N2O3/c1-5-21-15(19)16(2,17-3)9-6-10-18(4)11-12-20-13-14-7-8-14/h14,17H,5-13H2,1-4H3. The molecule has 1 atom stereocenters. The van der Waals surface area contributed by atoms with Crippen LogP contribution in [0.2, 0.25) is 0 Å². The van der Waals surface area contributed by atoms with E-state index < -0.39 is 5.54 Å². The number of carbonyl (C=O) groups excluding carboxylic acids is 1. The van der Waals surface area contributed by atoms with Crippen molar-refractivity contribution in [2.24, 2.45) is 5.92 Å². The van der Waals surface area contributed by atoms with Crippen molar-refractivity contribution < 1.29 is 14.3 Å². The zero-order chi connectivity index (χ0) is 15.7. The third-order valence-electron chi connectivity index (χ3n) is 4.16. The predicted molar refractivity (Wildman–Crippen MR) is 84.4 cm³/mol. The fraction of sp³-hybridized carbons (Fsp3) is 0.938. The summed E-state index contributed by atoms with van der Waals surface area (Å²) in [5.41, 5.74) is -0.584. The molecule has 0 bridgehead atoms. The highest BCUT2D eigenvalue weighted by Gasteiger charge is 2.32. The maximum absolute atomic E-state index is 11.9. The molecule has 1 saturated carbocycles. The van der Waals surface area contributed by atoms with Crippen LogP contribution in [-0.4, -0.2) is 63.4 Å². The molecule has 0 spiro atoms. The average Bonchev–Trinajstić information content (AvgIpc) is 3.27. The lowest BCUT2D eigenvalue weighted by Gasteiger charge is -2.27. The fourth-order valence-corrected chi connectivity index (χ4v) is 2.19. The van der Waals surface area contributed by atoms with E-state index >= 15 is 0 Å². The number of ether oxygens (including phenoxy) is 2. The van der Waals surface area contributed by atoms with Gasteiger partial charge in [0.1, 0.15) is 5.54 Å². The quantitative estimate of drug-likeness (QED) is 0.439. The van der Waals surface area contributed by atoms with E-state index in [1.807, 2.05) is 20.9 Å². The molecule has 0 amide bonds. The predicted octanol–water partition coefficient (Wildman–Crippen LogP) is 1.67. The summed E-state index contributed by atoms with van der Waals surface area (Å²) >= 11 is 0. The van der Waals surface area contributed by atoms with E-state index in [2.05, 4.69) is 17.3 Å². The zero-order valence-corrected chi connectivity index (χ0v) is 14.1. The van der Waals surface area contributed by atoms with Gasteiger partial charge in [0, 0.05) is 13.2 Å². The Morgan fingerprint density at radius 3 is 2.67 bits per heavy atom. The molecule has 0 aliphatic heterocycles. The number of likely N-dealkylation sites (N-methyl/N-ethyl adjacent to an activating group) is 2. The molecule has 5 heteroatoms. The molecule has 0 aromatic carbocycles. The van der Waals surface area contributed by atoms with Gasteiger partial charge in [0.15, 0.2) is 0 Å². The SMILES string of the molecule is CCOC(=O)C(C)(CCCN(C)CCOCC1CC1)NC. The van der Waals surface area contributed by atoms with Crippen molar-refractivity contribution in [2.45, 2.75) is 45.1 Å². The van der Waals surface area contributed by atoms with Crippen LogP contribution in [0.15, 0.2) is 0 Å². The molecule has 1 aliphatic rings. The molecule has 0 radical (unpaired) electrons. The van der Waals surface area contributed by atoms with E-state index in [0.29, 0.717) is 6.61 Å². The molecule has 1 N–H and O–H groups in total. The van der Waals surface area contributed by atoms with Crippen LogP contribution < -0.4 is 5.32 Å². The summed E-state index contributed by atoms with van der Waals surface area (Å²) < 4.78 is 10.8. The van der Waals surface area contributed by atoms with Gasteiger partial charge in [-0.3, -0.25) is 4.79 Å². The van der Waals surface area contributed by atoms with Gasteiger partial charge in [0.25, 0.3) is 0 Å². The topological polar surface area (TPSA) is 50.8 Å². The minimum Gasteiger partial charge on any atom is -0.465 e. The van der Waals surface area contributed by atoms with E-state index in [0.717, 1.165) is 45.1 Å². The van der Waals surface area contributed by atoms with Gasteiger partial charge in [0.2, 0.25) is 0 Å². The lowest BCUT2D eigenvalue weighted by Crippen LogP contribution is -2.49. The summed E-state index contributed by atoms with van der Waals surface area (Å²) in [6, 6.07) is 0. The van der Waals surface area contributed by atoms with Gasteiger partial charge in [-0.1, -0.05) is 0 Å². The number of nitrogens with one attached hydrogen (secondary N) is 1. The second kappa shape index (κ2) is 9.38. The molecule has 5 nitrogen and oxygen atoms in total. The highest BCUT2D eigenvalue weighted by atomic mass is 16.5. The first kappa shape index (κ1) is 18.4. The van der Waals surface area contributed by atoms with E-state index in [-0.39, 0.29) is 5.97 Å². The van der Waals surface area contributed by atoms with Gasteiger partial charge in [-0.2, -0.15) is 0 Å². The van der Waals surface area contributed by atoms with Crippen molar-refractivity contribution in [1.82, 2.24) is 10.2 Å². The van der Waals surface area contributed by atoms with Crippen molar-refractivity contribution in [3.8, 4) is 0 Å². The summed E-state index contributed by atoms with van der Waals surface area (Å²) in [6.07, 6.45) is 4.41. The highest BCUT2D eigenvalue weighted by Crippen LogP contribution is 2.28. The van der Waals surface area contributed by atoms with E-state index in [9.17, 15) is 4.79 Å². The van der Waals surface area contributed by atoms with Gasteiger partial charge in [-0.05, 0) is 66.1 Å². The summed E-state index contributed by atoms with van der Waals surface area (Å²) in [4.78, 5) is 14.2. The number of nitrogens with zero attached hydrogens (tertiary/aromatic N) is 1. The lowest BCUT2D eigenvalue weighted by atomic mass is 9.96. The Bertz CT molecular complexity index is 308. The lowest BCUT2D eigenvalue weighted by molar-refractivity contribution is -0.150. The Hall–Kier alpha value is -0.650. The van der Waals surface area contributed by atoms with Crippen LogP contribution in [0.4, 0.5) is 0 Å². The molecule has 1 rings (SSSR count). The summed E-state index contributed by atoms with van der Waals surface area (Å²) in [7, 11) is 3.91. The smallest absolute Gasteiger partial charge is 0.326 e. The van der Waals surface area contributed by atoms with Crippen LogP contribution >= 0.6 is 0 Å². The Labute approximate surface area is 129 Å². The van der Waals surface area contributed by atoms with E-state index in [1.165, 1.54) is 12.8 Å². The second-order valence-electron chi connectivity index (χ2n) is 6.23. The molecule has 0 aromatic rings. The van der Waals surface area contributed by atoms with Crippen molar-refractivity contribution in [3.05, 3.63) is 0 Å².